The molecular weight excluding hydrogens is 354 g/mol. The van der Waals surface area contributed by atoms with Crippen LogP contribution < -0.4 is 10.6 Å². The van der Waals surface area contributed by atoms with Crippen LogP contribution in [0.3, 0.4) is 0 Å². The monoisotopic (exact) mass is 383 g/mol. The standard InChI is InChI=1S/C22H29N3O3/c1-22(20(27)23-21(28)24-22)17-11-13-25(14-12-17)19(26)18(16-9-5-6-10-16)15-7-3-2-4-8-15/h2-4,7-8,16-18H,5-6,9-14H2,1H3,(H2,23,24,27,28). The van der Waals surface area contributed by atoms with Gasteiger partial charge < -0.3 is 10.2 Å². The molecule has 1 aromatic carbocycles. The third-order valence-electron chi connectivity index (χ3n) is 6.99. The van der Waals surface area contributed by atoms with Crippen molar-refractivity contribution in [1.82, 2.24) is 15.5 Å². The topological polar surface area (TPSA) is 78.5 Å². The van der Waals surface area contributed by atoms with Crippen LogP contribution in [0.1, 0.15) is 56.9 Å². The molecule has 1 aromatic rings. The first kappa shape index (κ1) is 19.0. The molecule has 0 aromatic heterocycles. The van der Waals surface area contributed by atoms with Gasteiger partial charge in [-0.05, 0) is 50.0 Å². The Balaban J connectivity index is 1.46. The summed E-state index contributed by atoms with van der Waals surface area (Å²) >= 11 is 0. The molecule has 2 aliphatic heterocycles. The number of likely N-dealkylation sites (tertiary alicyclic amines) is 1. The molecule has 6 nitrogen and oxygen atoms in total. The highest BCUT2D eigenvalue weighted by Gasteiger charge is 2.49. The zero-order valence-corrected chi connectivity index (χ0v) is 16.4. The molecule has 0 radical (unpaired) electrons. The van der Waals surface area contributed by atoms with Gasteiger partial charge in [-0.15, -0.1) is 0 Å². The Morgan fingerprint density at radius 3 is 2.29 bits per heavy atom. The highest BCUT2D eigenvalue weighted by Crippen LogP contribution is 2.39. The maximum absolute atomic E-state index is 13.5. The first-order chi connectivity index (χ1) is 13.5. The van der Waals surface area contributed by atoms with Crippen molar-refractivity contribution in [2.45, 2.75) is 56.9 Å². The minimum Gasteiger partial charge on any atom is -0.342 e. The summed E-state index contributed by atoms with van der Waals surface area (Å²) < 4.78 is 0. The minimum atomic E-state index is -0.865. The van der Waals surface area contributed by atoms with E-state index in [2.05, 4.69) is 22.8 Å². The van der Waals surface area contributed by atoms with Crippen molar-refractivity contribution in [1.29, 1.82) is 0 Å². The fourth-order valence-corrected chi connectivity index (χ4v) is 5.29. The highest BCUT2D eigenvalue weighted by atomic mass is 16.2. The van der Waals surface area contributed by atoms with Gasteiger partial charge in [0.1, 0.15) is 5.54 Å². The molecule has 1 aliphatic carbocycles. The Bertz CT molecular complexity index is 752. The van der Waals surface area contributed by atoms with Crippen molar-refractivity contribution < 1.29 is 14.4 Å². The van der Waals surface area contributed by atoms with Crippen molar-refractivity contribution in [2.24, 2.45) is 11.8 Å². The molecule has 2 heterocycles. The molecule has 6 heteroatoms. The smallest absolute Gasteiger partial charge is 0.322 e. The average Bonchev–Trinajstić information content (AvgIpc) is 3.31. The van der Waals surface area contributed by atoms with E-state index in [0.29, 0.717) is 19.0 Å². The Morgan fingerprint density at radius 2 is 1.71 bits per heavy atom. The quantitative estimate of drug-likeness (QED) is 0.785. The lowest BCUT2D eigenvalue weighted by molar-refractivity contribution is -0.136. The molecule has 2 N–H and O–H groups in total. The van der Waals surface area contributed by atoms with Crippen LogP contribution in [0.25, 0.3) is 0 Å². The zero-order chi connectivity index (χ0) is 19.7. The van der Waals surface area contributed by atoms with Crippen molar-refractivity contribution in [2.75, 3.05) is 13.1 Å². The van der Waals surface area contributed by atoms with Crippen molar-refractivity contribution >= 4 is 17.8 Å². The van der Waals surface area contributed by atoms with Crippen molar-refractivity contribution in [3.8, 4) is 0 Å². The maximum atomic E-state index is 13.5. The number of carbonyl (C=O) groups excluding carboxylic acids is 3. The van der Waals surface area contributed by atoms with E-state index in [4.69, 9.17) is 0 Å². The Kier molecular flexibility index (Phi) is 5.13. The number of urea groups is 1. The van der Waals surface area contributed by atoms with Crippen LogP contribution in [0.4, 0.5) is 4.79 Å². The number of nitrogens with zero attached hydrogens (tertiary/aromatic N) is 1. The summed E-state index contributed by atoms with van der Waals surface area (Å²) in [5, 5.41) is 5.13. The minimum absolute atomic E-state index is 0.0460. The molecule has 1 saturated carbocycles. The number of nitrogens with one attached hydrogen (secondary N) is 2. The summed E-state index contributed by atoms with van der Waals surface area (Å²) in [5.41, 5.74) is 0.257. The number of rotatable bonds is 4. The Hall–Kier alpha value is -2.37. The molecule has 0 bridgehead atoms. The molecule has 2 saturated heterocycles. The van der Waals surface area contributed by atoms with Crippen LogP contribution in [0.5, 0.6) is 0 Å². The molecule has 3 fully saturated rings. The number of hydrogen-bond donors (Lipinski definition) is 2. The summed E-state index contributed by atoms with van der Waals surface area (Å²) in [4.78, 5) is 39.2. The molecular formula is C22H29N3O3. The van der Waals surface area contributed by atoms with Gasteiger partial charge in [0.25, 0.3) is 5.91 Å². The van der Waals surface area contributed by atoms with Gasteiger partial charge in [0.05, 0.1) is 5.92 Å². The second-order valence-corrected chi connectivity index (χ2v) is 8.64. The first-order valence-corrected chi connectivity index (χ1v) is 10.5. The lowest BCUT2D eigenvalue weighted by Gasteiger charge is -2.40. The van der Waals surface area contributed by atoms with Crippen LogP contribution in [0, 0.1) is 11.8 Å². The van der Waals surface area contributed by atoms with Crippen LogP contribution in [0.15, 0.2) is 30.3 Å². The van der Waals surface area contributed by atoms with E-state index in [0.717, 1.165) is 31.2 Å². The second kappa shape index (κ2) is 7.57. The van der Waals surface area contributed by atoms with Gasteiger partial charge in [-0.25, -0.2) is 4.79 Å². The van der Waals surface area contributed by atoms with Crippen molar-refractivity contribution in [3.05, 3.63) is 35.9 Å². The lowest BCUT2D eigenvalue weighted by atomic mass is 9.78. The fourth-order valence-electron chi connectivity index (χ4n) is 5.29. The van der Waals surface area contributed by atoms with E-state index >= 15 is 0 Å². The normalized spacial score (nSPS) is 27.5. The van der Waals surface area contributed by atoms with E-state index in [9.17, 15) is 14.4 Å². The molecule has 2 atom stereocenters. The highest BCUT2D eigenvalue weighted by molar-refractivity contribution is 6.07. The predicted octanol–water partition coefficient (Wildman–Crippen LogP) is 2.80. The molecule has 4 amide bonds. The summed E-state index contributed by atoms with van der Waals surface area (Å²) in [7, 11) is 0. The summed E-state index contributed by atoms with van der Waals surface area (Å²) in [6.45, 7) is 3.07. The van der Waals surface area contributed by atoms with Gasteiger partial charge in [0.2, 0.25) is 5.91 Å². The average molecular weight is 383 g/mol. The van der Waals surface area contributed by atoms with E-state index in [1.807, 2.05) is 23.1 Å². The summed E-state index contributed by atoms with van der Waals surface area (Å²) in [5.74, 6) is 0.372. The van der Waals surface area contributed by atoms with E-state index in [-0.39, 0.29) is 23.7 Å². The molecule has 2 unspecified atom stereocenters. The SMILES string of the molecule is CC1(C2CCN(C(=O)C(c3ccccc3)C3CCCC3)CC2)NC(=O)NC1=O. The molecule has 150 valence electrons. The fraction of sp³-hybridized carbons (Fsp3) is 0.591. The van der Waals surface area contributed by atoms with Gasteiger partial charge in [-0.1, -0.05) is 43.2 Å². The van der Waals surface area contributed by atoms with Gasteiger partial charge in [-0.3, -0.25) is 14.9 Å². The van der Waals surface area contributed by atoms with Crippen LogP contribution in [-0.2, 0) is 9.59 Å². The molecule has 0 spiro atoms. The second-order valence-electron chi connectivity index (χ2n) is 8.64. The molecule has 4 rings (SSSR count). The van der Waals surface area contributed by atoms with Crippen LogP contribution >= 0.6 is 0 Å². The van der Waals surface area contributed by atoms with Gasteiger partial charge >= 0.3 is 6.03 Å². The predicted molar refractivity (Wildman–Crippen MR) is 106 cm³/mol. The summed E-state index contributed by atoms with van der Waals surface area (Å²) in [6.07, 6.45) is 6.09. The number of piperidine rings is 1. The number of imide groups is 1. The van der Waals surface area contributed by atoms with Crippen LogP contribution in [-0.4, -0.2) is 41.4 Å². The molecule has 28 heavy (non-hydrogen) atoms. The first-order valence-electron chi connectivity index (χ1n) is 10.5. The van der Waals surface area contributed by atoms with Gasteiger partial charge in [-0.2, -0.15) is 0 Å². The number of carbonyl (C=O) groups is 3. The maximum Gasteiger partial charge on any atom is 0.322 e. The van der Waals surface area contributed by atoms with Gasteiger partial charge in [0.15, 0.2) is 0 Å². The molecule has 3 aliphatic rings. The van der Waals surface area contributed by atoms with E-state index < -0.39 is 11.6 Å². The third-order valence-corrected chi connectivity index (χ3v) is 6.99. The Labute approximate surface area is 166 Å². The van der Waals surface area contributed by atoms with E-state index in [1.165, 1.54) is 12.8 Å². The van der Waals surface area contributed by atoms with E-state index in [1.54, 1.807) is 6.92 Å². The summed E-state index contributed by atoms with van der Waals surface area (Å²) in [6, 6.07) is 9.75. The number of benzene rings is 1. The van der Waals surface area contributed by atoms with Gasteiger partial charge in [0, 0.05) is 13.1 Å². The third kappa shape index (κ3) is 3.40. The Morgan fingerprint density at radius 1 is 1.07 bits per heavy atom. The zero-order valence-electron chi connectivity index (χ0n) is 16.4. The largest absolute Gasteiger partial charge is 0.342 e. The number of hydrogen-bond acceptors (Lipinski definition) is 3. The van der Waals surface area contributed by atoms with Crippen LogP contribution in [0.2, 0.25) is 0 Å². The lowest BCUT2D eigenvalue weighted by Crippen LogP contribution is -2.54. The number of amides is 4. The van der Waals surface area contributed by atoms with Crippen molar-refractivity contribution in [3.63, 3.8) is 0 Å².